The molecule has 0 aromatic carbocycles. The van der Waals surface area contributed by atoms with Crippen molar-refractivity contribution in [3.05, 3.63) is 0 Å². The second-order valence-corrected chi connectivity index (χ2v) is 7.86. The van der Waals surface area contributed by atoms with Crippen LogP contribution in [0.2, 0.25) is 0 Å². The van der Waals surface area contributed by atoms with E-state index in [1.165, 1.54) is 12.0 Å². The lowest BCUT2D eigenvalue weighted by Crippen LogP contribution is -2.55. The molecule has 3 amide bonds. The molecule has 0 unspecified atom stereocenters. The molecule has 1 rings (SSSR count). The number of methoxy groups -OCH3 is 1. The van der Waals surface area contributed by atoms with Gasteiger partial charge < -0.3 is 20.1 Å². The number of nitrogens with zero attached hydrogens (tertiary/aromatic N) is 1. The Balaban J connectivity index is 2.75. The Morgan fingerprint density at radius 2 is 1.81 bits per heavy atom. The van der Waals surface area contributed by atoms with Gasteiger partial charge in [-0.1, -0.05) is 13.8 Å². The summed E-state index contributed by atoms with van der Waals surface area (Å²) in [5.41, 5.74) is -0.658. The number of nitrogens with one attached hydrogen (secondary N) is 2. The van der Waals surface area contributed by atoms with Gasteiger partial charge in [0.05, 0.1) is 7.11 Å². The Bertz CT molecular complexity index is 570. The maximum absolute atomic E-state index is 12.7. The minimum absolute atomic E-state index is 0.206. The van der Waals surface area contributed by atoms with Crippen molar-refractivity contribution < 1.29 is 28.7 Å². The Morgan fingerprint density at radius 3 is 2.33 bits per heavy atom. The molecule has 2 N–H and O–H groups in total. The monoisotopic (exact) mass is 385 g/mol. The molecule has 0 spiro atoms. The van der Waals surface area contributed by atoms with Crippen molar-refractivity contribution in [1.82, 2.24) is 15.5 Å². The number of esters is 1. The van der Waals surface area contributed by atoms with Gasteiger partial charge in [0.1, 0.15) is 24.2 Å². The minimum atomic E-state index is -0.830. The second-order valence-electron chi connectivity index (χ2n) is 7.86. The number of carbonyl (C=O) groups is 4. The molecule has 0 saturated carbocycles. The maximum Gasteiger partial charge on any atom is 0.410 e. The summed E-state index contributed by atoms with van der Waals surface area (Å²) in [4.78, 5) is 49.9. The van der Waals surface area contributed by atoms with Crippen LogP contribution < -0.4 is 10.6 Å². The first-order valence-corrected chi connectivity index (χ1v) is 9.10. The van der Waals surface area contributed by atoms with Crippen LogP contribution in [-0.4, -0.2) is 66.7 Å². The van der Waals surface area contributed by atoms with E-state index in [4.69, 9.17) is 4.74 Å². The van der Waals surface area contributed by atoms with E-state index in [0.717, 1.165) is 0 Å². The summed E-state index contributed by atoms with van der Waals surface area (Å²) in [6.45, 7) is 8.99. The van der Waals surface area contributed by atoms with Crippen molar-refractivity contribution in [2.45, 2.75) is 65.1 Å². The molecule has 1 saturated heterocycles. The largest absolute Gasteiger partial charge is 0.468 e. The van der Waals surface area contributed by atoms with E-state index >= 15 is 0 Å². The van der Waals surface area contributed by atoms with E-state index in [2.05, 4.69) is 15.4 Å². The molecule has 154 valence electrons. The zero-order valence-corrected chi connectivity index (χ0v) is 17.0. The van der Waals surface area contributed by atoms with Gasteiger partial charge in [0.15, 0.2) is 0 Å². The molecule has 1 aliphatic rings. The van der Waals surface area contributed by atoms with Crippen LogP contribution in [-0.2, 0) is 23.9 Å². The highest BCUT2D eigenvalue weighted by Gasteiger charge is 2.38. The Labute approximate surface area is 160 Å². The van der Waals surface area contributed by atoms with Crippen molar-refractivity contribution in [3.8, 4) is 0 Å². The topological polar surface area (TPSA) is 114 Å². The van der Waals surface area contributed by atoms with E-state index in [1.54, 1.807) is 34.6 Å². The van der Waals surface area contributed by atoms with E-state index in [1.807, 2.05) is 0 Å². The smallest absolute Gasteiger partial charge is 0.410 e. The third kappa shape index (κ3) is 7.07. The van der Waals surface area contributed by atoms with Gasteiger partial charge in [-0.05, 0) is 39.5 Å². The molecule has 0 aromatic rings. The average molecular weight is 385 g/mol. The van der Waals surface area contributed by atoms with E-state index in [0.29, 0.717) is 19.4 Å². The standard InChI is InChI=1S/C18H31N3O6/c1-11(2)14(16(24)19-10-13(22)26-6)20-15(23)12-8-7-9-21(12)17(25)27-18(3,4)5/h11-12,14H,7-10H2,1-6H3,(H,19,24)(H,20,23)/t12-,14+/m0/s1. The molecule has 9 nitrogen and oxygen atoms in total. The van der Waals surface area contributed by atoms with Gasteiger partial charge in [0, 0.05) is 6.54 Å². The van der Waals surface area contributed by atoms with Crippen LogP contribution in [0.5, 0.6) is 0 Å². The van der Waals surface area contributed by atoms with Crippen molar-refractivity contribution in [2.75, 3.05) is 20.2 Å². The molecule has 1 fully saturated rings. The van der Waals surface area contributed by atoms with Crippen LogP contribution in [0.25, 0.3) is 0 Å². The van der Waals surface area contributed by atoms with Gasteiger partial charge >= 0.3 is 12.1 Å². The predicted octanol–water partition coefficient (Wildman–Crippen LogP) is 0.816. The molecule has 1 aliphatic heterocycles. The molecular formula is C18H31N3O6. The maximum atomic E-state index is 12.7. The number of hydrogen-bond donors (Lipinski definition) is 2. The zero-order valence-electron chi connectivity index (χ0n) is 17.0. The number of carbonyl (C=O) groups excluding carboxylic acids is 4. The van der Waals surface area contributed by atoms with Crippen LogP contribution in [0, 0.1) is 5.92 Å². The SMILES string of the molecule is COC(=O)CNC(=O)[C@H](NC(=O)[C@@H]1CCCN1C(=O)OC(C)(C)C)C(C)C. The molecule has 1 heterocycles. The van der Waals surface area contributed by atoms with Gasteiger partial charge in [-0.3, -0.25) is 19.3 Å². The highest BCUT2D eigenvalue weighted by Crippen LogP contribution is 2.21. The number of amides is 3. The minimum Gasteiger partial charge on any atom is -0.468 e. The van der Waals surface area contributed by atoms with E-state index < -0.39 is 41.6 Å². The molecule has 0 bridgehead atoms. The van der Waals surface area contributed by atoms with Crippen LogP contribution >= 0.6 is 0 Å². The third-order valence-corrected chi connectivity index (χ3v) is 4.06. The van der Waals surface area contributed by atoms with Gasteiger partial charge in [-0.2, -0.15) is 0 Å². The van der Waals surface area contributed by atoms with Crippen molar-refractivity contribution >= 4 is 23.9 Å². The Morgan fingerprint density at radius 1 is 1.19 bits per heavy atom. The number of ether oxygens (including phenoxy) is 2. The first-order chi connectivity index (χ1) is 12.5. The fourth-order valence-electron chi connectivity index (χ4n) is 2.70. The summed E-state index contributed by atoms with van der Waals surface area (Å²) in [7, 11) is 1.22. The molecule has 9 heteroatoms. The average Bonchev–Trinajstić information content (AvgIpc) is 3.05. The predicted molar refractivity (Wildman–Crippen MR) is 97.8 cm³/mol. The normalized spacial score (nSPS) is 18.0. The van der Waals surface area contributed by atoms with Gasteiger partial charge in [0.2, 0.25) is 11.8 Å². The lowest BCUT2D eigenvalue weighted by atomic mass is 10.0. The fourth-order valence-corrected chi connectivity index (χ4v) is 2.70. The van der Waals surface area contributed by atoms with Gasteiger partial charge in [-0.25, -0.2) is 4.79 Å². The van der Waals surface area contributed by atoms with E-state index in [-0.39, 0.29) is 12.5 Å². The van der Waals surface area contributed by atoms with Crippen molar-refractivity contribution in [1.29, 1.82) is 0 Å². The molecule has 0 aromatic heterocycles. The lowest BCUT2D eigenvalue weighted by molar-refractivity contribution is -0.141. The fraction of sp³-hybridized carbons (Fsp3) is 0.778. The van der Waals surface area contributed by atoms with Crippen LogP contribution in [0.4, 0.5) is 4.79 Å². The Kier molecular flexibility index (Phi) is 8.05. The number of rotatable bonds is 6. The Hall–Kier alpha value is -2.32. The number of likely N-dealkylation sites (tertiary alicyclic amines) is 1. The molecule has 0 radical (unpaired) electrons. The summed E-state index contributed by atoms with van der Waals surface area (Å²) < 4.78 is 9.84. The summed E-state index contributed by atoms with van der Waals surface area (Å²) in [6.07, 6.45) is 0.633. The zero-order chi connectivity index (χ0) is 20.8. The van der Waals surface area contributed by atoms with Crippen molar-refractivity contribution in [2.24, 2.45) is 5.92 Å². The molecule has 27 heavy (non-hydrogen) atoms. The summed E-state index contributed by atoms with van der Waals surface area (Å²) in [5, 5.41) is 5.14. The summed E-state index contributed by atoms with van der Waals surface area (Å²) in [5.74, 6) is -1.68. The lowest BCUT2D eigenvalue weighted by Gasteiger charge is -2.29. The highest BCUT2D eigenvalue weighted by molar-refractivity contribution is 5.92. The highest BCUT2D eigenvalue weighted by atomic mass is 16.6. The molecular weight excluding hydrogens is 354 g/mol. The quantitative estimate of drug-likeness (QED) is 0.654. The van der Waals surface area contributed by atoms with Crippen LogP contribution in [0.1, 0.15) is 47.5 Å². The third-order valence-electron chi connectivity index (χ3n) is 4.06. The second kappa shape index (κ2) is 9.57. The van der Waals surface area contributed by atoms with E-state index in [9.17, 15) is 19.2 Å². The first kappa shape index (κ1) is 22.7. The van der Waals surface area contributed by atoms with Crippen LogP contribution in [0.15, 0.2) is 0 Å². The summed E-state index contributed by atoms with van der Waals surface area (Å²) in [6, 6.07) is -1.52. The number of hydrogen-bond acceptors (Lipinski definition) is 6. The first-order valence-electron chi connectivity index (χ1n) is 9.10. The molecule has 0 aliphatic carbocycles. The summed E-state index contributed by atoms with van der Waals surface area (Å²) >= 11 is 0. The molecule has 2 atom stereocenters. The van der Waals surface area contributed by atoms with Crippen LogP contribution in [0.3, 0.4) is 0 Å². The van der Waals surface area contributed by atoms with Gasteiger partial charge in [0.25, 0.3) is 0 Å². The van der Waals surface area contributed by atoms with Crippen molar-refractivity contribution in [3.63, 3.8) is 0 Å². The van der Waals surface area contributed by atoms with Gasteiger partial charge in [-0.15, -0.1) is 0 Å².